The molecule has 0 radical (unpaired) electrons. The molecule has 1 fully saturated rings. The van der Waals surface area contributed by atoms with Crippen molar-refractivity contribution >= 4 is 32.0 Å². The molecule has 1 amide bonds. The Kier molecular flexibility index (Phi) is 6.48. The fraction of sp³-hybridized carbons (Fsp3) is 0.389. The van der Waals surface area contributed by atoms with E-state index in [0.717, 1.165) is 12.0 Å². The molecule has 0 bridgehead atoms. The smallest absolute Gasteiger partial charge is 0.356 e. The Balaban J connectivity index is 1.63. The number of carbonyl (C=O) groups is 1. The summed E-state index contributed by atoms with van der Waals surface area (Å²) in [6.07, 6.45) is 2.51. The first-order valence-electron chi connectivity index (χ1n) is 9.39. The van der Waals surface area contributed by atoms with E-state index in [1.807, 2.05) is 13.0 Å². The largest absolute Gasteiger partial charge is 0.374 e. The van der Waals surface area contributed by atoms with E-state index in [1.54, 1.807) is 18.2 Å². The van der Waals surface area contributed by atoms with Crippen LogP contribution in [-0.2, 0) is 26.9 Å². The zero-order valence-corrected chi connectivity index (χ0v) is 17.9. The molecule has 1 aliphatic heterocycles. The van der Waals surface area contributed by atoms with Gasteiger partial charge in [-0.15, -0.1) is 0 Å². The van der Waals surface area contributed by atoms with Crippen molar-refractivity contribution in [2.45, 2.75) is 37.1 Å². The van der Waals surface area contributed by atoms with E-state index in [0.29, 0.717) is 9.99 Å². The Morgan fingerprint density at radius 2 is 1.90 bits per heavy atom. The van der Waals surface area contributed by atoms with Gasteiger partial charge in [-0.25, -0.2) is 8.42 Å². The molecule has 1 aromatic heterocycles. The molecule has 9 nitrogen and oxygen atoms in total. The molecular formula is C18H23FN4O5S2. The van der Waals surface area contributed by atoms with Crippen LogP contribution >= 0.6 is 0 Å². The van der Waals surface area contributed by atoms with Crippen LogP contribution in [0.25, 0.3) is 0 Å². The Bertz CT molecular complexity index is 1120. The molecule has 2 aromatic rings. The van der Waals surface area contributed by atoms with Gasteiger partial charge in [0.15, 0.2) is 0 Å². The molecule has 1 aromatic carbocycles. The fourth-order valence-electron chi connectivity index (χ4n) is 3.21. The van der Waals surface area contributed by atoms with Gasteiger partial charge >= 0.3 is 10.4 Å². The fourth-order valence-corrected chi connectivity index (χ4v) is 4.90. The summed E-state index contributed by atoms with van der Waals surface area (Å²) in [5.74, 6) is -0.522. The van der Waals surface area contributed by atoms with Gasteiger partial charge in [0.05, 0.1) is 0 Å². The first-order chi connectivity index (χ1) is 14.1. The van der Waals surface area contributed by atoms with Crippen LogP contribution in [0.2, 0.25) is 0 Å². The summed E-state index contributed by atoms with van der Waals surface area (Å²) in [5, 5.41) is 2.71. The first-order valence-corrected chi connectivity index (χ1v) is 12.2. The summed E-state index contributed by atoms with van der Waals surface area (Å²) in [6.45, 7) is 1.90. The van der Waals surface area contributed by atoms with E-state index in [2.05, 4.69) is 15.0 Å². The number of sulfonamides is 1. The van der Waals surface area contributed by atoms with E-state index < -0.39 is 26.3 Å². The SMILES string of the molecule is CCc1cccc(NS(=O)(=O)c2c[nH]c(C(=O)NC3CCN(S(=O)(=O)F)CC3)c2)c1. The van der Waals surface area contributed by atoms with E-state index in [-0.39, 0.29) is 42.6 Å². The van der Waals surface area contributed by atoms with Crippen LogP contribution in [0.1, 0.15) is 35.8 Å². The van der Waals surface area contributed by atoms with Crippen LogP contribution < -0.4 is 10.0 Å². The minimum atomic E-state index is -4.73. The van der Waals surface area contributed by atoms with Crippen LogP contribution in [0.4, 0.5) is 9.57 Å². The summed E-state index contributed by atoms with van der Waals surface area (Å²) < 4.78 is 63.2. The van der Waals surface area contributed by atoms with Crippen LogP contribution in [0.5, 0.6) is 0 Å². The van der Waals surface area contributed by atoms with Gasteiger partial charge < -0.3 is 10.3 Å². The maximum absolute atomic E-state index is 13.0. The highest BCUT2D eigenvalue weighted by Crippen LogP contribution is 2.19. The lowest BCUT2D eigenvalue weighted by molar-refractivity contribution is 0.0919. The summed E-state index contributed by atoms with van der Waals surface area (Å²) in [7, 11) is -8.62. The molecule has 0 unspecified atom stereocenters. The molecule has 0 spiro atoms. The molecule has 3 rings (SSSR count). The minimum absolute atomic E-state index is 0.0329. The van der Waals surface area contributed by atoms with Crippen LogP contribution in [0.15, 0.2) is 41.4 Å². The van der Waals surface area contributed by atoms with Gasteiger partial charge in [-0.2, -0.15) is 12.7 Å². The molecule has 0 aliphatic carbocycles. The quantitative estimate of drug-likeness (QED) is 0.545. The second-order valence-electron chi connectivity index (χ2n) is 7.00. The van der Waals surface area contributed by atoms with Crippen LogP contribution in [-0.4, -0.2) is 51.2 Å². The van der Waals surface area contributed by atoms with Crippen molar-refractivity contribution < 1.29 is 25.5 Å². The predicted molar refractivity (Wildman–Crippen MR) is 110 cm³/mol. The molecule has 3 N–H and O–H groups in total. The summed E-state index contributed by atoms with van der Waals surface area (Å²) in [5.41, 5.74) is 1.46. The standard InChI is InChI=1S/C18H23FN4O5S2/c1-2-13-4-3-5-15(10-13)22-29(25,26)16-11-17(20-12-16)18(24)21-14-6-8-23(9-7-14)30(19,27)28/h3-5,10-12,14,20,22H,2,6-9H2,1H3,(H,21,24). The highest BCUT2D eigenvalue weighted by molar-refractivity contribution is 7.92. The van der Waals surface area contributed by atoms with Crippen molar-refractivity contribution in [3.05, 3.63) is 47.8 Å². The number of aromatic amines is 1. The van der Waals surface area contributed by atoms with E-state index in [4.69, 9.17) is 0 Å². The molecule has 30 heavy (non-hydrogen) atoms. The van der Waals surface area contributed by atoms with Gasteiger partial charge in [0.2, 0.25) is 0 Å². The number of halogens is 1. The number of benzene rings is 1. The number of hydrogen-bond donors (Lipinski definition) is 3. The summed E-state index contributed by atoms with van der Waals surface area (Å²) in [4.78, 5) is 15.0. The molecule has 12 heteroatoms. The Morgan fingerprint density at radius 1 is 1.20 bits per heavy atom. The normalized spacial score (nSPS) is 16.3. The Morgan fingerprint density at radius 3 is 2.53 bits per heavy atom. The number of anilines is 1. The van der Waals surface area contributed by atoms with Gasteiger partial charge in [-0.3, -0.25) is 9.52 Å². The van der Waals surface area contributed by atoms with Crippen molar-refractivity contribution in [1.82, 2.24) is 14.6 Å². The maximum atomic E-state index is 13.0. The lowest BCUT2D eigenvalue weighted by atomic mass is 10.1. The Labute approximate surface area is 175 Å². The monoisotopic (exact) mass is 458 g/mol. The van der Waals surface area contributed by atoms with Gasteiger partial charge in [0.25, 0.3) is 15.9 Å². The summed E-state index contributed by atoms with van der Waals surface area (Å²) in [6, 6.07) is 7.91. The predicted octanol–water partition coefficient (Wildman–Crippen LogP) is 1.79. The Hall–Kier alpha value is -2.44. The lowest BCUT2D eigenvalue weighted by Crippen LogP contribution is -2.45. The summed E-state index contributed by atoms with van der Waals surface area (Å²) >= 11 is 0. The zero-order valence-electron chi connectivity index (χ0n) is 16.3. The second-order valence-corrected chi connectivity index (χ2v) is 10.0. The number of hydrogen-bond acceptors (Lipinski definition) is 5. The average molecular weight is 459 g/mol. The van der Waals surface area contributed by atoms with E-state index in [1.165, 1.54) is 12.3 Å². The molecule has 0 saturated carbocycles. The first kappa shape index (κ1) is 22.2. The third kappa shape index (κ3) is 5.37. The number of nitrogens with zero attached hydrogens (tertiary/aromatic N) is 1. The number of aromatic nitrogens is 1. The van der Waals surface area contributed by atoms with Gasteiger partial charge in [0.1, 0.15) is 10.6 Å². The topological polar surface area (TPSA) is 128 Å². The highest BCUT2D eigenvalue weighted by atomic mass is 32.3. The number of nitrogens with one attached hydrogen (secondary N) is 3. The molecule has 1 saturated heterocycles. The number of amides is 1. The van der Waals surface area contributed by atoms with Gasteiger partial charge in [-0.05, 0) is 43.0 Å². The van der Waals surface area contributed by atoms with Gasteiger partial charge in [0, 0.05) is 31.0 Å². The van der Waals surface area contributed by atoms with E-state index in [9.17, 15) is 25.5 Å². The number of H-pyrrole nitrogens is 1. The molecule has 0 atom stereocenters. The van der Waals surface area contributed by atoms with Crippen LogP contribution in [0.3, 0.4) is 0 Å². The average Bonchev–Trinajstić information content (AvgIpc) is 3.19. The molecule has 1 aliphatic rings. The number of rotatable bonds is 7. The van der Waals surface area contributed by atoms with Crippen molar-refractivity contribution in [3.8, 4) is 0 Å². The molecule has 164 valence electrons. The van der Waals surface area contributed by atoms with Crippen LogP contribution in [0, 0.1) is 0 Å². The molecular weight excluding hydrogens is 435 g/mol. The van der Waals surface area contributed by atoms with Crippen molar-refractivity contribution in [2.75, 3.05) is 17.8 Å². The minimum Gasteiger partial charge on any atom is -0.356 e. The van der Waals surface area contributed by atoms with Crippen molar-refractivity contribution in [3.63, 3.8) is 0 Å². The number of aryl methyl sites for hydroxylation is 1. The van der Waals surface area contributed by atoms with E-state index >= 15 is 0 Å². The zero-order chi connectivity index (χ0) is 21.9. The third-order valence-corrected chi connectivity index (χ3v) is 7.24. The third-order valence-electron chi connectivity index (χ3n) is 4.90. The highest BCUT2D eigenvalue weighted by Gasteiger charge is 2.29. The maximum Gasteiger partial charge on any atom is 0.374 e. The molecule has 2 heterocycles. The number of carbonyl (C=O) groups excluding carboxylic acids is 1. The second kappa shape index (κ2) is 8.74. The van der Waals surface area contributed by atoms with Crippen molar-refractivity contribution in [2.24, 2.45) is 0 Å². The van der Waals surface area contributed by atoms with Crippen molar-refractivity contribution in [1.29, 1.82) is 0 Å². The number of piperidine rings is 1. The van der Waals surface area contributed by atoms with Gasteiger partial charge in [-0.1, -0.05) is 22.9 Å². The lowest BCUT2D eigenvalue weighted by Gasteiger charge is -2.28.